The third-order valence-corrected chi connectivity index (χ3v) is 4.10. The van der Waals surface area contributed by atoms with Crippen LogP contribution in [0.3, 0.4) is 0 Å². The summed E-state index contributed by atoms with van der Waals surface area (Å²) in [4.78, 5) is 24.2. The molecule has 4 nitrogen and oxygen atoms in total. The molecule has 0 bridgehead atoms. The first-order chi connectivity index (χ1) is 11.8. The molecule has 2 aromatic rings. The molecule has 0 unspecified atom stereocenters. The molecule has 0 saturated carbocycles. The maximum absolute atomic E-state index is 13.6. The fraction of sp³-hybridized carbons (Fsp3) is 0.222. The van der Waals surface area contributed by atoms with E-state index in [-0.39, 0.29) is 5.56 Å². The lowest BCUT2D eigenvalue weighted by atomic mass is 10.1. The molecule has 2 aromatic carbocycles. The van der Waals surface area contributed by atoms with Crippen molar-refractivity contribution in [2.24, 2.45) is 0 Å². The second-order valence-corrected chi connectivity index (χ2v) is 6.27. The van der Waals surface area contributed by atoms with Gasteiger partial charge in [0, 0.05) is 10.0 Å². The van der Waals surface area contributed by atoms with Crippen molar-refractivity contribution < 1.29 is 18.7 Å². The van der Waals surface area contributed by atoms with Crippen molar-refractivity contribution in [1.29, 1.82) is 0 Å². The van der Waals surface area contributed by atoms with Crippen molar-refractivity contribution in [3.63, 3.8) is 0 Å². The van der Waals surface area contributed by atoms with Gasteiger partial charge in [0.15, 0.2) is 6.10 Å². The van der Waals surface area contributed by atoms with Crippen molar-refractivity contribution in [2.45, 2.75) is 26.0 Å². The highest BCUT2D eigenvalue weighted by molar-refractivity contribution is 6.35. The Labute approximate surface area is 154 Å². The quantitative estimate of drug-likeness (QED) is 0.770. The Hall–Kier alpha value is -2.11. The predicted molar refractivity (Wildman–Crippen MR) is 94.3 cm³/mol. The van der Waals surface area contributed by atoms with Crippen molar-refractivity contribution in [2.75, 3.05) is 0 Å². The van der Waals surface area contributed by atoms with E-state index in [0.29, 0.717) is 15.6 Å². The summed E-state index contributed by atoms with van der Waals surface area (Å²) in [6.07, 6.45) is -1.10. The largest absolute Gasteiger partial charge is 0.449 e. The average molecular weight is 384 g/mol. The number of hydrogen-bond acceptors (Lipinski definition) is 3. The Bertz CT molecular complexity index is 798. The van der Waals surface area contributed by atoms with Crippen LogP contribution >= 0.6 is 23.2 Å². The topological polar surface area (TPSA) is 55.4 Å². The van der Waals surface area contributed by atoms with Crippen molar-refractivity contribution in [3.8, 4) is 0 Å². The number of carbonyl (C=O) groups excluding carboxylic acids is 2. The Morgan fingerprint density at radius 2 is 1.80 bits per heavy atom. The molecule has 0 heterocycles. The second kappa shape index (κ2) is 8.32. The van der Waals surface area contributed by atoms with Crippen molar-refractivity contribution in [1.82, 2.24) is 5.32 Å². The lowest BCUT2D eigenvalue weighted by Gasteiger charge is -2.19. The number of amides is 1. The summed E-state index contributed by atoms with van der Waals surface area (Å²) in [6, 6.07) is 9.91. The monoisotopic (exact) mass is 383 g/mol. The van der Waals surface area contributed by atoms with Crippen LogP contribution in [0.15, 0.2) is 42.5 Å². The molecular weight excluding hydrogens is 368 g/mol. The van der Waals surface area contributed by atoms with E-state index >= 15 is 0 Å². The summed E-state index contributed by atoms with van der Waals surface area (Å²) in [7, 11) is 0. The Balaban J connectivity index is 2.00. The molecule has 0 aliphatic carbocycles. The minimum atomic E-state index is -1.10. The van der Waals surface area contributed by atoms with Crippen LogP contribution in [0.5, 0.6) is 0 Å². The normalized spacial score (nSPS) is 13.0. The molecule has 2 atom stereocenters. The molecule has 25 heavy (non-hydrogen) atoms. The van der Waals surface area contributed by atoms with Crippen LogP contribution in [-0.4, -0.2) is 18.0 Å². The van der Waals surface area contributed by atoms with Gasteiger partial charge in [0.1, 0.15) is 5.82 Å². The molecule has 1 amide bonds. The number of benzene rings is 2. The molecule has 0 aromatic heterocycles. The number of halogens is 3. The molecule has 132 valence electrons. The van der Waals surface area contributed by atoms with Gasteiger partial charge in [0.2, 0.25) is 0 Å². The minimum absolute atomic E-state index is 0.226. The van der Waals surface area contributed by atoms with Gasteiger partial charge in [-0.25, -0.2) is 9.18 Å². The van der Waals surface area contributed by atoms with Gasteiger partial charge in [0.05, 0.1) is 11.6 Å². The van der Waals surface area contributed by atoms with Crippen LogP contribution in [-0.2, 0) is 9.53 Å². The molecule has 7 heteroatoms. The molecule has 0 radical (unpaired) electrons. The maximum Gasteiger partial charge on any atom is 0.341 e. The summed E-state index contributed by atoms with van der Waals surface area (Å²) in [6.45, 7) is 3.14. The molecule has 2 rings (SSSR count). The van der Waals surface area contributed by atoms with Crippen LogP contribution < -0.4 is 5.32 Å². The molecule has 0 aliphatic heterocycles. The predicted octanol–water partition coefficient (Wildman–Crippen LogP) is 4.56. The fourth-order valence-corrected chi connectivity index (χ4v) is 2.74. The standard InChI is InChI=1S/C18H16Cl2FNO3/c1-10(13-8-7-12(19)9-15(13)20)22-17(23)11(2)25-18(24)14-5-3-4-6-16(14)21/h3-11H,1-2H3,(H,22,23)/t10-,11+/m0/s1. The first-order valence-corrected chi connectivity index (χ1v) is 8.26. The number of nitrogens with one attached hydrogen (secondary N) is 1. The van der Waals surface area contributed by atoms with E-state index < -0.39 is 29.8 Å². The summed E-state index contributed by atoms with van der Waals surface area (Å²) in [5.74, 6) is -2.14. The van der Waals surface area contributed by atoms with Gasteiger partial charge >= 0.3 is 5.97 Å². The zero-order valence-electron chi connectivity index (χ0n) is 13.6. The zero-order chi connectivity index (χ0) is 18.6. The zero-order valence-corrected chi connectivity index (χ0v) is 15.1. The Morgan fingerprint density at radius 1 is 1.12 bits per heavy atom. The van der Waals surface area contributed by atoms with Gasteiger partial charge in [0.25, 0.3) is 5.91 Å². The molecule has 0 fully saturated rings. The van der Waals surface area contributed by atoms with E-state index in [1.54, 1.807) is 25.1 Å². The smallest absolute Gasteiger partial charge is 0.341 e. The highest BCUT2D eigenvalue weighted by Crippen LogP contribution is 2.26. The van der Waals surface area contributed by atoms with Gasteiger partial charge < -0.3 is 10.1 Å². The van der Waals surface area contributed by atoms with E-state index in [9.17, 15) is 14.0 Å². The highest BCUT2D eigenvalue weighted by atomic mass is 35.5. The first kappa shape index (κ1) is 19.2. The summed E-state index contributed by atoms with van der Waals surface area (Å²) < 4.78 is 18.6. The van der Waals surface area contributed by atoms with Crippen LogP contribution in [0.1, 0.15) is 35.8 Å². The number of esters is 1. The lowest BCUT2D eigenvalue weighted by molar-refractivity contribution is -0.129. The summed E-state index contributed by atoms with van der Waals surface area (Å²) in [5.41, 5.74) is 0.447. The van der Waals surface area contributed by atoms with Gasteiger partial charge in [-0.3, -0.25) is 4.79 Å². The number of rotatable bonds is 5. The third kappa shape index (κ3) is 4.94. The van der Waals surface area contributed by atoms with E-state index in [4.69, 9.17) is 27.9 Å². The van der Waals surface area contributed by atoms with Crippen LogP contribution in [0.4, 0.5) is 4.39 Å². The first-order valence-electron chi connectivity index (χ1n) is 7.50. The molecule has 1 N–H and O–H groups in total. The third-order valence-electron chi connectivity index (χ3n) is 3.53. The van der Waals surface area contributed by atoms with Gasteiger partial charge in [-0.05, 0) is 43.7 Å². The fourth-order valence-electron chi connectivity index (χ4n) is 2.17. The average Bonchev–Trinajstić information content (AvgIpc) is 2.54. The Kier molecular flexibility index (Phi) is 6.39. The number of carbonyl (C=O) groups is 2. The molecular formula is C18H16Cl2FNO3. The SMILES string of the molecule is C[C@H](NC(=O)[C@@H](C)OC(=O)c1ccccc1F)c1ccc(Cl)cc1Cl. The number of hydrogen-bond donors (Lipinski definition) is 1. The summed E-state index contributed by atoms with van der Waals surface area (Å²) >= 11 is 12.0. The molecule has 0 saturated heterocycles. The number of ether oxygens (including phenoxy) is 1. The van der Waals surface area contributed by atoms with Crippen molar-refractivity contribution in [3.05, 3.63) is 69.5 Å². The maximum atomic E-state index is 13.6. The van der Waals surface area contributed by atoms with E-state index in [1.165, 1.54) is 25.1 Å². The minimum Gasteiger partial charge on any atom is -0.449 e. The van der Waals surface area contributed by atoms with Crippen LogP contribution in [0.2, 0.25) is 10.0 Å². The van der Waals surface area contributed by atoms with Crippen LogP contribution in [0.25, 0.3) is 0 Å². The van der Waals surface area contributed by atoms with E-state index in [2.05, 4.69) is 5.32 Å². The van der Waals surface area contributed by atoms with Crippen LogP contribution in [0, 0.1) is 5.82 Å². The molecule has 0 aliphatic rings. The highest BCUT2D eigenvalue weighted by Gasteiger charge is 2.23. The van der Waals surface area contributed by atoms with Gasteiger partial charge in [-0.2, -0.15) is 0 Å². The Morgan fingerprint density at radius 3 is 2.44 bits per heavy atom. The second-order valence-electron chi connectivity index (χ2n) is 5.42. The lowest BCUT2D eigenvalue weighted by Crippen LogP contribution is -2.37. The molecule has 0 spiro atoms. The summed E-state index contributed by atoms with van der Waals surface area (Å²) in [5, 5.41) is 3.59. The van der Waals surface area contributed by atoms with Crippen molar-refractivity contribution >= 4 is 35.1 Å². The van der Waals surface area contributed by atoms with E-state index in [0.717, 1.165) is 6.07 Å². The van der Waals surface area contributed by atoms with Gasteiger partial charge in [-0.1, -0.05) is 41.4 Å². The van der Waals surface area contributed by atoms with Gasteiger partial charge in [-0.15, -0.1) is 0 Å². The van der Waals surface area contributed by atoms with E-state index in [1.807, 2.05) is 0 Å².